The highest BCUT2D eigenvalue weighted by molar-refractivity contribution is 9.10. The quantitative estimate of drug-likeness (QED) is 0.907. The third kappa shape index (κ3) is 2.81. The monoisotopic (exact) mass is 353 g/mol. The van der Waals surface area contributed by atoms with Crippen molar-refractivity contribution in [2.24, 2.45) is 0 Å². The second-order valence-corrected chi connectivity index (χ2v) is 5.57. The maximum atomic E-state index is 6.06. The predicted molar refractivity (Wildman–Crippen MR) is 82.3 cm³/mol. The van der Waals surface area contributed by atoms with Gasteiger partial charge in [-0.3, -0.25) is 0 Å². The number of fused-ring (bicyclic) bond motifs is 1. The molecule has 6 nitrogen and oxygen atoms in total. The lowest BCUT2D eigenvalue weighted by atomic mass is 10.2. The van der Waals surface area contributed by atoms with Crippen LogP contribution < -0.4 is 10.5 Å². The van der Waals surface area contributed by atoms with Gasteiger partial charge in [-0.2, -0.15) is 0 Å². The lowest BCUT2D eigenvalue weighted by Crippen LogP contribution is -2.32. The molecular weight excluding hydrogens is 338 g/mol. The molecule has 1 aromatic carbocycles. The molecule has 2 N–H and O–H groups in total. The minimum Gasteiger partial charge on any atom is -0.484 e. The molecule has 0 amide bonds. The molecule has 1 aliphatic heterocycles. The lowest BCUT2D eigenvalue weighted by Gasteiger charge is -2.20. The molecule has 7 heteroatoms. The van der Waals surface area contributed by atoms with Crippen molar-refractivity contribution in [3.05, 3.63) is 22.9 Å². The van der Waals surface area contributed by atoms with Gasteiger partial charge in [-0.25, -0.2) is 9.97 Å². The number of halogens is 1. The molecular formula is C14H16BrN3O3. The average molecular weight is 354 g/mol. The fourth-order valence-electron chi connectivity index (χ4n) is 2.39. The van der Waals surface area contributed by atoms with Crippen LogP contribution in [0.25, 0.3) is 10.9 Å². The molecule has 21 heavy (non-hydrogen) atoms. The Morgan fingerprint density at radius 3 is 2.95 bits per heavy atom. The fraction of sp³-hybridized carbons (Fsp3) is 0.429. The van der Waals surface area contributed by atoms with Gasteiger partial charge in [0.15, 0.2) is 6.10 Å². The van der Waals surface area contributed by atoms with E-state index in [9.17, 15) is 0 Å². The highest BCUT2D eigenvalue weighted by Crippen LogP contribution is 2.34. The van der Waals surface area contributed by atoms with E-state index in [2.05, 4.69) is 25.9 Å². The van der Waals surface area contributed by atoms with E-state index in [1.165, 1.54) is 6.33 Å². The van der Waals surface area contributed by atoms with Crippen molar-refractivity contribution in [3.63, 3.8) is 0 Å². The predicted octanol–water partition coefficient (Wildman–Crippen LogP) is 2.16. The Hall–Kier alpha value is -1.44. The lowest BCUT2D eigenvalue weighted by molar-refractivity contribution is 0.00668. The molecule has 3 rings (SSSR count). The summed E-state index contributed by atoms with van der Waals surface area (Å²) in [6.45, 7) is 3.62. The molecule has 0 bridgehead atoms. The Morgan fingerprint density at radius 1 is 1.33 bits per heavy atom. The summed E-state index contributed by atoms with van der Waals surface area (Å²) in [6.07, 6.45) is 1.21. The van der Waals surface area contributed by atoms with Gasteiger partial charge in [0.05, 0.1) is 24.1 Å². The van der Waals surface area contributed by atoms with Gasteiger partial charge >= 0.3 is 0 Å². The van der Waals surface area contributed by atoms with Crippen molar-refractivity contribution in [3.8, 4) is 5.75 Å². The number of nitrogens with zero attached hydrogens (tertiary/aromatic N) is 2. The van der Waals surface area contributed by atoms with Gasteiger partial charge < -0.3 is 19.9 Å². The minimum absolute atomic E-state index is 0.0699. The van der Waals surface area contributed by atoms with E-state index in [-0.39, 0.29) is 12.2 Å². The van der Waals surface area contributed by atoms with Crippen molar-refractivity contribution < 1.29 is 14.2 Å². The smallest absolute Gasteiger partial charge is 0.150 e. The van der Waals surface area contributed by atoms with Crippen LogP contribution in [0.1, 0.15) is 6.92 Å². The van der Waals surface area contributed by atoms with E-state index in [0.717, 1.165) is 9.99 Å². The summed E-state index contributed by atoms with van der Waals surface area (Å²) in [5.41, 5.74) is 6.71. The summed E-state index contributed by atoms with van der Waals surface area (Å²) in [4.78, 5) is 8.29. The van der Waals surface area contributed by atoms with Crippen molar-refractivity contribution >= 4 is 32.7 Å². The summed E-state index contributed by atoms with van der Waals surface area (Å²) in [5.74, 6) is 1.04. The van der Waals surface area contributed by atoms with E-state index in [1.54, 1.807) is 0 Å². The first kappa shape index (κ1) is 14.5. The van der Waals surface area contributed by atoms with Crippen LogP contribution in [0.2, 0.25) is 0 Å². The van der Waals surface area contributed by atoms with Gasteiger partial charge in [-0.15, -0.1) is 0 Å². The zero-order valence-corrected chi connectivity index (χ0v) is 13.2. The third-order valence-electron chi connectivity index (χ3n) is 3.37. The highest BCUT2D eigenvalue weighted by Gasteiger charge is 2.31. The number of nitrogens with two attached hydrogens (primary N) is 1. The fourth-order valence-corrected chi connectivity index (χ4v) is 2.82. The number of hydrogen-bond donors (Lipinski definition) is 1. The summed E-state index contributed by atoms with van der Waals surface area (Å²) in [5, 5.41) is 0.703. The van der Waals surface area contributed by atoms with Crippen molar-refractivity contribution in [1.82, 2.24) is 9.97 Å². The Bertz CT molecular complexity index is 653. The zero-order chi connectivity index (χ0) is 14.8. The molecule has 2 heterocycles. The molecule has 1 saturated heterocycles. The first-order valence-corrected chi connectivity index (χ1v) is 7.54. The summed E-state index contributed by atoms with van der Waals surface area (Å²) in [7, 11) is 0. The molecule has 0 unspecified atom stereocenters. The Kier molecular flexibility index (Phi) is 4.23. The van der Waals surface area contributed by atoms with E-state index in [1.807, 2.05) is 19.1 Å². The van der Waals surface area contributed by atoms with Crippen LogP contribution in [0.4, 0.5) is 5.82 Å². The van der Waals surface area contributed by atoms with Crippen molar-refractivity contribution in [1.29, 1.82) is 0 Å². The molecule has 0 saturated carbocycles. The van der Waals surface area contributed by atoms with Crippen LogP contribution in [0.15, 0.2) is 22.9 Å². The van der Waals surface area contributed by atoms with Crippen LogP contribution in [-0.2, 0) is 9.47 Å². The maximum Gasteiger partial charge on any atom is 0.150 e. The maximum absolute atomic E-state index is 6.06. The van der Waals surface area contributed by atoms with Crippen LogP contribution in [0, 0.1) is 0 Å². The molecule has 2 atom stereocenters. The summed E-state index contributed by atoms with van der Waals surface area (Å²) >= 11 is 3.46. The molecule has 112 valence electrons. The van der Waals surface area contributed by atoms with Crippen LogP contribution in [-0.4, -0.2) is 42.0 Å². The number of anilines is 1. The number of hydrogen-bond acceptors (Lipinski definition) is 6. The topological polar surface area (TPSA) is 79.5 Å². The van der Waals surface area contributed by atoms with Gasteiger partial charge in [-0.05, 0) is 35.0 Å². The van der Waals surface area contributed by atoms with Gasteiger partial charge in [0, 0.05) is 11.1 Å². The normalized spacial score (nSPS) is 21.8. The van der Waals surface area contributed by atoms with E-state index in [4.69, 9.17) is 19.9 Å². The molecule has 0 aliphatic carbocycles. The standard InChI is InChI=1S/C14H16BrN3O3/c1-2-20-10-5-19-6-11(10)21-9-4-3-8(15)13-12(9)14(16)18-7-17-13/h3-4,7,10-11H,2,5-6H2,1H3,(H2,16,17,18)/t10-,11+/m0/s1. The molecule has 2 aromatic rings. The summed E-state index contributed by atoms with van der Waals surface area (Å²) < 4.78 is 18.0. The minimum atomic E-state index is -0.158. The summed E-state index contributed by atoms with van der Waals surface area (Å²) in [6, 6.07) is 3.74. The van der Waals surface area contributed by atoms with Crippen molar-refractivity contribution in [2.75, 3.05) is 25.6 Å². The van der Waals surface area contributed by atoms with Gasteiger partial charge in [0.1, 0.15) is 24.0 Å². The zero-order valence-electron chi connectivity index (χ0n) is 11.6. The molecule has 0 spiro atoms. The Labute approximate surface area is 130 Å². The number of nitrogen functional groups attached to an aromatic ring is 1. The second-order valence-electron chi connectivity index (χ2n) is 4.72. The van der Waals surface area contributed by atoms with Crippen molar-refractivity contribution in [2.45, 2.75) is 19.1 Å². The van der Waals surface area contributed by atoms with E-state index >= 15 is 0 Å². The largest absolute Gasteiger partial charge is 0.484 e. The molecule has 0 radical (unpaired) electrons. The SMILES string of the molecule is CCO[C@H]1COC[C@H]1Oc1ccc(Br)c2ncnc(N)c12. The first-order valence-electron chi connectivity index (χ1n) is 6.75. The molecule has 1 aromatic heterocycles. The van der Waals surface area contributed by atoms with Crippen LogP contribution >= 0.6 is 15.9 Å². The number of ether oxygens (including phenoxy) is 3. The highest BCUT2D eigenvalue weighted by atomic mass is 79.9. The van der Waals surface area contributed by atoms with Crippen LogP contribution in [0.3, 0.4) is 0 Å². The Balaban J connectivity index is 1.96. The second kappa shape index (κ2) is 6.13. The average Bonchev–Trinajstić information content (AvgIpc) is 2.90. The van der Waals surface area contributed by atoms with Gasteiger partial charge in [0.25, 0.3) is 0 Å². The van der Waals surface area contributed by atoms with Gasteiger partial charge in [0.2, 0.25) is 0 Å². The molecule has 1 aliphatic rings. The number of benzene rings is 1. The number of rotatable bonds is 4. The first-order chi connectivity index (χ1) is 10.2. The molecule has 1 fully saturated rings. The van der Waals surface area contributed by atoms with Gasteiger partial charge in [-0.1, -0.05) is 0 Å². The van der Waals surface area contributed by atoms with E-state index < -0.39 is 0 Å². The van der Waals surface area contributed by atoms with E-state index in [0.29, 0.717) is 36.8 Å². The number of aromatic nitrogens is 2. The third-order valence-corrected chi connectivity index (χ3v) is 4.01. The Morgan fingerprint density at radius 2 is 2.14 bits per heavy atom. The van der Waals surface area contributed by atoms with Crippen LogP contribution in [0.5, 0.6) is 5.75 Å².